The maximum absolute atomic E-state index is 10.4. The zero-order chi connectivity index (χ0) is 16.9. The summed E-state index contributed by atoms with van der Waals surface area (Å²) in [6.07, 6.45) is -4.89. The van der Waals surface area contributed by atoms with Crippen molar-refractivity contribution in [2.75, 3.05) is 6.61 Å². The average Bonchev–Trinajstić information content (AvgIpc) is 2.44. The van der Waals surface area contributed by atoms with E-state index in [1.807, 2.05) is 0 Å². The number of aliphatic hydroxyl groups is 4. The summed E-state index contributed by atoms with van der Waals surface area (Å²) < 4.78 is 40.3. The molecule has 0 aromatic heterocycles. The van der Waals surface area contributed by atoms with E-state index in [2.05, 4.69) is 9.44 Å². The molecule has 0 spiro atoms. The minimum Gasteiger partial charge on any atom is -0.714 e. The van der Waals surface area contributed by atoms with E-state index in [1.165, 1.54) is 0 Å². The van der Waals surface area contributed by atoms with Crippen molar-refractivity contribution in [3.63, 3.8) is 0 Å². The Bertz CT molecular complexity index is 487. The minimum absolute atomic E-state index is 0. The predicted octanol–water partition coefficient (Wildman–Crippen LogP) is -4.89. The fourth-order valence-corrected chi connectivity index (χ4v) is 3.12. The van der Waals surface area contributed by atoms with Crippen LogP contribution in [0.1, 0.15) is 19.8 Å². The molecule has 130 valence electrons. The summed E-state index contributed by atoms with van der Waals surface area (Å²) in [5.74, 6) is 0. The Labute approximate surface area is 180 Å². The molecule has 0 amide bonds. The fourth-order valence-electron chi connectivity index (χ4n) is 1.73. The first-order valence-corrected chi connectivity index (χ1v) is 8.59. The second-order valence-electron chi connectivity index (χ2n) is 4.53. The first-order valence-electron chi connectivity index (χ1n) is 6.38. The van der Waals surface area contributed by atoms with Gasteiger partial charge in [0.25, 0.3) is 10.4 Å². The first-order chi connectivity index (χ1) is 10.2. The molecule has 1 rings (SSSR count). The van der Waals surface area contributed by atoms with Gasteiger partial charge in [-0.15, -0.1) is 0 Å². The van der Waals surface area contributed by atoms with Gasteiger partial charge in [-0.05, 0) is 12.8 Å². The molecule has 5 atom stereocenters. The summed E-state index contributed by atoms with van der Waals surface area (Å²) >= 11 is 0.731. The van der Waals surface area contributed by atoms with Crippen LogP contribution in [0.25, 0.3) is 0 Å². The van der Waals surface area contributed by atoms with Crippen LogP contribution in [0.3, 0.4) is 0 Å². The molecule has 1 saturated heterocycles. The number of oxime groups is 1. The molecular weight excluding hydrogens is 381 g/mol. The SMILES string of the molecule is CCC/C(=N/OS(=O)(=O)[O-])S[C@@H]1O[C@H](CO)[C@@H](O)[C@H](O)[C@H]1O.[K+]. The van der Waals surface area contributed by atoms with Gasteiger partial charge in [-0.2, -0.15) is 8.42 Å². The van der Waals surface area contributed by atoms with Crippen LogP contribution in [-0.2, 0) is 19.4 Å². The third kappa shape index (κ3) is 7.93. The molecule has 13 heteroatoms. The van der Waals surface area contributed by atoms with Gasteiger partial charge in [0.05, 0.1) is 6.61 Å². The number of nitrogens with zero attached hydrogens (tertiary/aromatic N) is 1. The van der Waals surface area contributed by atoms with Crippen molar-refractivity contribution >= 4 is 27.2 Å². The summed E-state index contributed by atoms with van der Waals surface area (Å²) in [7, 11) is -5.01. The van der Waals surface area contributed by atoms with Crippen LogP contribution in [0.15, 0.2) is 5.16 Å². The quantitative estimate of drug-likeness (QED) is 0.0848. The van der Waals surface area contributed by atoms with Crippen LogP contribution in [0, 0.1) is 0 Å². The number of rotatable bonds is 6. The summed E-state index contributed by atoms with van der Waals surface area (Å²) in [5.41, 5.74) is -1.13. The van der Waals surface area contributed by atoms with Crippen molar-refractivity contribution in [1.29, 1.82) is 0 Å². The standard InChI is InChI=1S/C10H19NO9S2.K/c1-2-3-6(11-20-22(16,17)18)21-10-9(15)8(14)7(13)5(4-12)19-10;/h5,7-10,12-15H,2-4H2,1H3,(H,16,17,18);/q;+1/p-1/b11-6-;/t5-,7-,8+,9-,10+;/m1./s1. The van der Waals surface area contributed by atoms with Crippen LogP contribution in [0.5, 0.6) is 0 Å². The normalized spacial score (nSPS) is 32.3. The van der Waals surface area contributed by atoms with E-state index in [0.29, 0.717) is 6.42 Å². The van der Waals surface area contributed by atoms with Gasteiger partial charge in [-0.3, -0.25) is 4.28 Å². The molecule has 0 saturated carbocycles. The van der Waals surface area contributed by atoms with Crippen LogP contribution in [0.4, 0.5) is 0 Å². The van der Waals surface area contributed by atoms with Crippen molar-refractivity contribution in [3.8, 4) is 0 Å². The molecule has 0 unspecified atom stereocenters. The first kappa shape index (κ1) is 24.2. The molecule has 1 aliphatic heterocycles. The van der Waals surface area contributed by atoms with E-state index in [1.54, 1.807) is 6.92 Å². The molecule has 1 heterocycles. The molecule has 0 radical (unpaired) electrons. The summed E-state index contributed by atoms with van der Waals surface area (Å²) in [6, 6.07) is 0. The molecular formula is C10H18KNO9S2. The van der Waals surface area contributed by atoms with Crippen LogP contribution < -0.4 is 51.4 Å². The van der Waals surface area contributed by atoms with Crippen LogP contribution in [0.2, 0.25) is 0 Å². The van der Waals surface area contributed by atoms with Gasteiger partial charge in [0.1, 0.15) is 34.9 Å². The van der Waals surface area contributed by atoms with Crippen molar-refractivity contribution < 1.29 is 93.8 Å². The number of ether oxygens (including phenoxy) is 1. The Hall–Kier alpha value is 1.17. The monoisotopic (exact) mass is 399 g/mol. The maximum atomic E-state index is 10.4. The fraction of sp³-hybridized carbons (Fsp3) is 0.900. The third-order valence-electron chi connectivity index (χ3n) is 2.79. The van der Waals surface area contributed by atoms with E-state index in [9.17, 15) is 28.3 Å². The smallest absolute Gasteiger partial charge is 0.714 e. The number of hydrogen-bond acceptors (Lipinski definition) is 11. The van der Waals surface area contributed by atoms with Gasteiger partial charge < -0.3 is 29.7 Å². The van der Waals surface area contributed by atoms with E-state index >= 15 is 0 Å². The van der Waals surface area contributed by atoms with Gasteiger partial charge in [0.15, 0.2) is 0 Å². The number of aliphatic hydroxyl groups excluding tert-OH is 4. The minimum atomic E-state index is -5.01. The molecule has 0 aromatic carbocycles. The van der Waals surface area contributed by atoms with E-state index in [4.69, 9.17) is 9.84 Å². The molecule has 0 aromatic rings. The van der Waals surface area contributed by atoms with Gasteiger partial charge in [-0.25, -0.2) is 0 Å². The Morgan fingerprint density at radius 2 is 1.91 bits per heavy atom. The summed E-state index contributed by atoms with van der Waals surface area (Å²) in [4.78, 5) is 0. The van der Waals surface area contributed by atoms with Crippen molar-refractivity contribution in [1.82, 2.24) is 0 Å². The Morgan fingerprint density at radius 3 is 2.39 bits per heavy atom. The molecule has 10 nitrogen and oxygen atoms in total. The Kier molecular flexibility index (Phi) is 11.6. The Morgan fingerprint density at radius 1 is 1.30 bits per heavy atom. The van der Waals surface area contributed by atoms with Crippen LogP contribution in [-0.4, -0.2) is 74.9 Å². The van der Waals surface area contributed by atoms with Gasteiger partial charge in [-0.1, -0.05) is 23.8 Å². The molecule has 0 bridgehead atoms. The molecule has 0 aliphatic carbocycles. The van der Waals surface area contributed by atoms with E-state index in [0.717, 1.165) is 11.8 Å². The molecule has 23 heavy (non-hydrogen) atoms. The van der Waals surface area contributed by atoms with Gasteiger partial charge >= 0.3 is 51.4 Å². The zero-order valence-electron chi connectivity index (χ0n) is 12.6. The summed E-state index contributed by atoms with van der Waals surface area (Å²) in [6.45, 7) is 1.17. The second kappa shape index (κ2) is 11.0. The van der Waals surface area contributed by atoms with E-state index < -0.39 is 46.9 Å². The number of hydrogen-bond donors (Lipinski definition) is 4. The Balaban J connectivity index is 0.00000484. The van der Waals surface area contributed by atoms with Gasteiger partial charge in [0.2, 0.25) is 0 Å². The van der Waals surface area contributed by atoms with Crippen molar-refractivity contribution in [2.45, 2.75) is 49.6 Å². The molecule has 1 fully saturated rings. The maximum Gasteiger partial charge on any atom is 1.00 e. The average molecular weight is 399 g/mol. The van der Waals surface area contributed by atoms with Crippen molar-refractivity contribution in [2.24, 2.45) is 5.16 Å². The second-order valence-corrected chi connectivity index (χ2v) is 6.67. The molecule has 1 aliphatic rings. The summed E-state index contributed by atoms with van der Waals surface area (Å²) in [5, 5.41) is 41.5. The topological polar surface area (TPSA) is 169 Å². The largest absolute Gasteiger partial charge is 1.00 e. The van der Waals surface area contributed by atoms with Crippen molar-refractivity contribution in [3.05, 3.63) is 0 Å². The third-order valence-corrected chi connectivity index (χ3v) is 4.22. The van der Waals surface area contributed by atoms with Crippen LogP contribution >= 0.6 is 11.8 Å². The number of thioether (sulfide) groups is 1. The molecule has 4 N–H and O–H groups in total. The van der Waals surface area contributed by atoms with Gasteiger partial charge in [0, 0.05) is 0 Å². The zero-order valence-corrected chi connectivity index (χ0v) is 17.4. The van der Waals surface area contributed by atoms with E-state index in [-0.39, 0.29) is 62.8 Å². The predicted molar refractivity (Wildman–Crippen MR) is 74.5 cm³/mol.